The third-order valence-corrected chi connectivity index (χ3v) is 16.2. The van der Waals surface area contributed by atoms with Crippen molar-refractivity contribution in [2.75, 3.05) is 39.6 Å². The lowest BCUT2D eigenvalue weighted by atomic mass is 10.5. The van der Waals surface area contributed by atoms with Gasteiger partial charge in [0, 0.05) is 39.6 Å². The lowest BCUT2D eigenvalue weighted by Gasteiger charge is -2.36. The molecule has 32 heavy (non-hydrogen) atoms. The number of rotatable bonds is 23. The summed E-state index contributed by atoms with van der Waals surface area (Å²) in [5.74, 6) is 0. The Balaban J connectivity index is 5.50. The Bertz CT molecular complexity index is 356. The van der Waals surface area contributed by atoms with Gasteiger partial charge in [-0.3, -0.25) is 0 Å². The molecule has 0 aromatic rings. The highest BCUT2D eigenvalue weighted by atomic mass is 33.1. The molecule has 0 spiro atoms. The summed E-state index contributed by atoms with van der Waals surface area (Å²) in [5, 5.41) is 0. The molecule has 0 saturated heterocycles. The molecule has 194 valence electrons. The Hall–Kier alpha value is 0.894. The first kappa shape index (κ1) is 32.9. The highest BCUT2D eigenvalue weighted by molar-refractivity contribution is 8.77. The van der Waals surface area contributed by atoms with Gasteiger partial charge in [-0.2, -0.15) is 0 Å². The van der Waals surface area contributed by atoms with E-state index in [-0.39, 0.29) is 9.75 Å². The zero-order valence-electron chi connectivity index (χ0n) is 21.9. The summed E-state index contributed by atoms with van der Waals surface area (Å²) in [6, 6.07) is 0. The highest BCUT2D eigenvalue weighted by Gasteiger charge is 2.51. The first-order chi connectivity index (χ1) is 15.4. The molecule has 0 aliphatic heterocycles. The monoisotopic (exact) mass is 530 g/mol. The van der Waals surface area contributed by atoms with Crippen molar-refractivity contribution in [1.82, 2.24) is 0 Å². The topological polar surface area (TPSA) is 55.4 Å². The Labute approximate surface area is 208 Å². The van der Waals surface area contributed by atoms with Crippen LogP contribution in [0, 0.1) is 0 Å². The minimum absolute atomic E-state index is 0.0924. The second kappa shape index (κ2) is 20.1. The van der Waals surface area contributed by atoms with Crippen LogP contribution in [0.5, 0.6) is 0 Å². The maximum Gasteiger partial charge on any atom is 0.515 e. The normalized spacial score (nSPS) is 14.6. The molecule has 0 aromatic heterocycles. The van der Waals surface area contributed by atoms with Crippen LogP contribution in [-0.2, 0) is 26.6 Å². The van der Waals surface area contributed by atoms with E-state index in [2.05, 4.69) is 55.4 Å². The summed E-state index contributed by atoms with van der Waals surface area (Å²) >= 11 is 0. The Morgan fingerprint density at radius 2 is 0.625 bits per heavy atom. The van der Waals surface area contributed by atoms with Gasteiger partial charge < -0.3 is 26.6 Å². The summed E-state index contributed by atoms with van der Waals surface area (Å²) in [6.07, 6.45) is 5.65. The highest BCUT2D eigenvalue weighted by Crippen LogP contribution is 2.40. The van der Waals surface area contributed by atoms with Crippen molar-refractivity contribution in [2.24, 2.45) is 0 Å². The van der Waals surface area contributed by atoms with Crippen LogP contribution < -0.4 is 0 Å². The molecule has 0 radical (unpaired) electrons. The van der Waals surface area contributed by atoms with Gasteiger partial charge in [0.2, 0.25) is 0 Å². The molecule has 0 bridgehead atoms. The molecule has 0 heterocycles. The van der Waals surface area contributed by atoms with Crippen molar-refractivity contribution in [2.45, 2.75) is 104 Å². The fraction of sp³-hybridized carbons (Fsp3) is 1.00. The van der Waals surface area contributed by atoms with Crippen molar-refractivity contribution in [3.63, 3.8) is 0 Å². The number of hydrogen-bond donors (Lipinski definition) is 0. The van der Waals surface area contributed by atoms with Gasteiger partial charge in [-0.1, -0.05) is 63.1 Å². The second-order valence-electron chi connectivity index (χ2n) is 7.77. The average molecular weight is 531 g/mol. The van der Waals surface area contributed by atoms with Crippen molar-refractivity contribution in [1.29, 1.82) is 0 Å². The van der Waals surface area contributed by atoms with E-state index >= 15 is 0 Å². The first-order valence-electron chi connectivity index (χ1n) is 12.6. The first-order valence-corrected chi connectivity index (χ1v) is 18.4. The molecule has 2 atom stereocenters. The molecule has 0 N–H and O–H groups in total. The minimum Gasteiger partial charge on any atom is -0.373 e. The van der Waals surface area contributed by atoms with E-state index in [0.717, 1.165) is 38.5 Å². The largest absolute Gasteiger partial charge is 0.515 e. The molecule has 0 aliphatic rings. The van der Waals surface area contributed by atoms with Crippen LogP contribution in [0.2, 0.25) is 0 Å². The predicted molar refractivity (Wildman–Crippen MR) is 143 cm³/mol. The molecule has 10 heteroatoms. The molecule has 0 saturated carbocycles. The Morgan fingerprint density at radius 3 is 0.781 bits per heavy atom. The van der Waals surface area contributed by atoms with E-state index in [1.165, 1.54) is 0 Å². The summed E-state index contributed by atoms with van der Waals surface area (Å²) < 4.78 is 38.0. The van der Waals surface area contributed by atoms with E-state index < -0.39 is 17.6 Å². The summed E-state index contributed by atoms with van der Waals surface area (Å²) in [4.78, 5) is 0.185. The van der Waals surface area contributed by atoms with E-state index in [0.29, 0.717) is 39.6 Å². The quantitative estimate of drug-likeness (QED) is 0.107. The zero-order chi connectivity index (χ0) is 24.3. The SMILES string of the molecule is CCCO[Si](OCCC)(OCCC)C(C)SSC(C)[Si](OCCC)(OCCC)OCCC. The Kier molecular flexibility index (Phi) is 20.7. The van der Waals surface area contributed by atoms with Gasteiger partial charge in [-0.05, 0) is 52.4 Å². The van der Waals surface area contributed by atoms with Gasteiger partial charge in [0.15, 0.2) is 0 Å². The molecular formula is C22H50O6S2Si2. The van der Waals surface area contributed by atoms with E-state index in [1.807, 2.05) is 0 Å². The lowest BCUT2D eigenvalue weighted by molar-refractivity contribution is 0.0579. The van der Waals surface area contributed by atoms with Crippen molar-refractivity contribution >= 4 is 39.2 Å². The van der Waals surface area contributed by atoms with Gasteiger partial charge in [-0.25, -0.2) is 0 Å². The van der Waals surface area contributed by atoms with Crippen molar-refractivity contribution < 1.29 is 26.6 Å². The van der Waals surface area contributed by atoms with E-state index in [4.69, 9.17) is 26.6 Å². The zero-order valence-corrected chi connectivity index (χ0v) is 25.5. The van der Waals surface area contributed by atoms with Crippen LogP contribution >= 0.6 is 21.6 Å². The van der Waals surface area contributed by atoms with Crippen LogP contribution in [0.25, 0.3) is 0 Å². The molecule has 0 aromatic carbocycles. The average Bonchev–Trinajstić information content (AvgIpc) is 2.81. The van der Waals surface area contributed by atoms with Crippen LogP contribution in [0.15, 0.2) is 0 Å². The number of hydrogen-bond acceptors (Lipinski definition) is 8. The maximum atomic E-state index is 6.34. The van der Waals surface area contributed by atoms with Crippen molar-refractivity contribution in [3.8, 4) is 0 Å². The lowest BCUT2D eigenvalue weighted by Crippen LogP contribution is -2.56. The van der Waals surface area contributed by atoms with Gasteiger partial charge in [0.05, 0.1) is 9.75 Å². The Morgan fingerprint density at radius 1 is 0.438 bits per heavy atom. The fourth-order valence-electron chi connectivity index (χ4n) is 2.70. The maximum absolute atomic E-state index is 6.34. The predicted octanol–water partition coefficient (Wildman–Crippen LogP) is 6.66. The summed E-state index contributed by atoms with van der Waals surface area (Å²) in [5.41, 5.74) is 0. The molecular weight excluding hydrogens is 481 g/mol. The third-order valence-electron chi connectivity index (χ3n) is 4.38. The van der Waals surface area contributed by atoms with Gasteiger partial charge in [0.1, 0.15) is 0 Å². The summed E-state index contributed by atoms with van der Waals surface area (Å²) in [7, 11) is -2.12. The van der Waals surface area contributed by atoms with Crippen LogP contribution in [-0.4, -0.2) is 67.0 Å². The molecule has 0 fully saturated rings. The van der Waals surface area contributed by atoms with E-state index in [1.54, 1.807) is 21.6 Å². The van der Waals surface area contributed by atoms with Gasteiger partial charge in [-0.15, -0.1) is 0 Å². The standard InChI is InChI=1S/C22H50O6S2Si2/c1-9-15-23-31(24-16-10-2,25-17-11-3)21(7)29-30-22(8)32(26-18-12-4,27-19-13-5)28-20-14-6/h21-22H,9-20H2,1-8H3. The molecule has 6 nitrogen and oxygen atoms in total. The minimum atomic E-state index is -2.83. The van der Waals surface area contributed by atoms with Crippen LogP contribution in [0.3, 0.4) is 0 Å². The van der Waals surface area contributed by atoms with Crippen LogP contribution in [0.1, 0.15) is 93.9 Å². The molecule has 0 amide bonds. The molecule has 0 rings (SSSR count). The van der Waals surface area contributed by atoms with Gasteiger partial charge >= 0.3 is 17.6 Å². The van der Waals surface area contributed by atoms with E-state index in [9.17, 15) is 0 Å². The third kappa shape index (κ3) is 12.0. The second-order valence-corrected chi connectivity index (χ2v) is 17.4. The molecule has 0 aliphatic carbocycles. The fourth-order valence-corrected chi connectivity index (χ4v) is 14.2. The summed E-state index contributed by atoms with van der Waals surface area (Å²) in [6.45, 7) is 21.0. The smallest absolute Gasteiger partial charge is 0.373 e. The van der Waals surface area contributed by atoms with Crippen molar-refractivity contribution in [3.05, 3.63) is 0 Å². The van der Waals surface area contributed by atoms with Gasteiger partial charge in [0.25, 0.3) is 0 Å². The van der Waals surface area contributed by atoms with Crippen LogP contribution in [0.4, 0.5) is 0 Å². The molecule has 2 unspecified atom stereocenters.